The summed E-state index contributed by atoms with van der Waals surface area (Å²) in [6.45, 7) is 9.70. The smallest absolute Gasteiger partial charge is 0.227 e. The van der Waals surface area contributed by atoms with Crippen LogP contribution in [-0.4, -0.2) is 47.9 Å². The number of rotatable bonds is 5. The van der Waals surface area contributed by atoms with Gasteiger partial charge in [-0.1, -0.05) is 13.0 Å². The summed E-state index contributed by atoms with van der Waals surface area (Å²) in [6.07, 6.45) is 4.58. The Kier molecular flexibility index (Phi) is 7.03. The number of nitrogens with one attached hydrogen (secondary N) is 2. The van der Waals surface area contributed by atoms with Crippen LogP contribution in [0.3, 0.4) is 0 Å². The number of aliphatic imine (C=N–C) groups is 1. The maximum atomic E-state index is 12.0. The van der Waals surface area contributed by atoms with Gasteiger partial charge in [-0.2, -0.15) is 0 Å². The lowest BCUT2D eigenvalue weighted by molar-refractivity contribution is -0.116. The molecule has 6 heteroatoms. The maximum absolute atomic E-state index is 12.0. The Morgan fingerprint density at radius 1 is 1.46 bits per heavy atom. The zero-order valence-electron chi connectivity index (χ0n) is 15.0. The number of hydrogen-bond acceptors (Lipinski definition) is 3. The van der Waals surface area contributed by atoms with Crippen LogP contribution in [-0.2, 0) is 4.79 Å². The second-order valence-electron chi connectivity index (χ2n) is 6.45. The average molecular weight is 331 g/mol. The Balaban J connectivity index is 1.84. The molecule has 2 N–H and O–H groups in total. The fourth-order valence-corrected chi connectivity index (χ4v) is 2.82. The molecule has 1 aromatic heterocycles. The number of amides is 1. The molecule has 2 rings (SSSR count). The van der Waals surface area contributed by atoms with E-state index in [9.17, 15) is 4.79 Å². The first-order chi connectivity index (χ1) is 11.6. The largest absolute Gasteiger partial charge is 0.357 e. The molecule has 0 spiro atoms. The Bertz CT molecular complexity index is 555. The number of piperidine rings is 1. The lowest BCUT2D eigenvalue weighted by Crippen LogP contribution is -2.46. The van der Waals surface area contributed by atoms with Gasteiger partial charge in [-0.05, 0) is 44.2 Å². The van der Waals surface area contributed by atoms with Crippen LogP contribution in [0.15, 0.2) is 23.3 Å². The highest BCUT2D eigenvalue weighted by atomic mass is 16.1. The van der Waals surface area contributed by atoms with E-state index in [0.29, 0.717) is 24.7 Å². The van der Waals surface area contributed by atoms with Crippen LogP contribution in [0, 0.1) is 12.8 Å². The quantitative estimate of drug-likeness (QED) is 0.642. The number of anilines is 1. The van der Waals surface area contributed by atoms with E-state index in [1.54, 1.807) is 6.20 Å². The van der Waals surface area contributed by atoms with Crippen LogP contribution in [0.5, 0.6) is 0 Å². The molecular weight excluding hydrogens is 302 g/mol. The second-order valence-corrected chi connectivity index (χ2v) is 6.45. The predicted octanol–water partition coefficient (Wildman–Crippen LogP) is 2.42. The number of hydrogen-bond donors (Lipinski definition) is 2. The van der Waals surface area contributed by atoms with Crippen LogP contribution < -0.4 is 10.6 Å². The molecule has 132 valence electrons. The van der Waals surface area contributed by atoms with E-state index in [1.165, 1.54) is 12.8 Å². The molecule has 1 saturated heterocycles. The maximum Gasteiger partial charge on any atom is 0.227 e. The van der Waals surface area contributed by atoms with Crippen molar-refractivity contribution < 1.29 is 4.79 Å². The Labute approximate surface area is 144 Å². The monoisotopic (exact) mass is 331 g/mol. The molecular formula is C18H29N5O. The fourth-order valence-electron chi connectivity index (χ4n) is 2.82. The van der Waals surface area contributed by atoms with Crippen molar-refractivity contribution in [2.75, 3.05) is 31.5 Å². The molecule has 1 unspecified atom stereocenters. The first-order valence-electron chi connectivity index (χ1n) is 8.84. The number of likely N-dealkylation sites (tertiary alicyclic amines) is 1. The first kappa shape index (κ1) is 18.2. The zero-order chi connectivity index (χ0) is 17.4. The molecule has 24 heavy (non-hydrogen) atoms. The van der Waals surface area contributed by atoms with Crippen LogP contribution in [0.4, 0.5) is 5.82 Å². The summed E-state index contributed by atoms with van der Waals surface area (Å²) >= 11 is 0. The number of guanidine groups is 1. The molecule has 0 saturated carbocycles. The van der Waals surface area contributed by atoms with E-state index in [0.717, 1.165) is 31.2 Å². The highest BCUT2D eigenvalue weighted by Gasteiger charge is 2.19. The summed E-state index contributed by atoms with van der Waals surface area (Å²) in [5, 5.41) is 6.14. The summed E-state index contributed by atoms with van der Waals surface area (Å²) < 4.78 is 0. The van der Waals surface area contributed by atoms with Gasteiger partial charge in [0.05, 0.1) is 6.54 Å². The molecule has 0 bridgehead atoms. The minimum atomic E-state index is -0.0574. The van der Waals surface area contributed by atoms with E-state index < -0.39 is 0 Å². The van der Waals surface area contributed by atoms with E-state index in [-0.39, 0.29) is 5.91 Å². The van der Waals surface area contributed by atoms with E-state index >= 15 is 0 Å². The normalized spacial score (nSPS) is 18.4. The van der Waals surface area contributed by atoms with Crippen LogP contribution >= 0.6 is 0 Å². The SMILES string of the molecule is CCNC(=NCCC(=O)Nc1ccc(C)cn1)N1CCCC(C)C1. The van der Waals surface area contributed by atoms with Gasteiger partial charge in [0.1, 0.15) is 5.82 Å². The molecule has 6 nitrogen and oxygen atoms in total. The van der Waals surface area contributed by atoms with Crippen molar-refractivity contribution in [2.24, 2.45) is 10.9 Å². The molecule has 1 aliphatic heterocycles. The molecule has 1 aliphatic rings. The molecule has 1 amide bonds. The van der Waals surface area contributed by atoms with Gasteiger partial charge >= 0.3 is 0 Å². The van der Waals surface area contributed by atoms with Gasteiger partial charge in [-0.15, -0.1) is 0 Å². The number of carbonyl (C=O) groups is 1. The summed E-state index contributed by atoms with van der Waals surface area (Å²) in [5.74, 6) is 2.15. The van der Waals surface area contributed by atoms with Gasteiger partial charge < -0.3 is 15.5 Å². The molecule has 1 fully saturated rings. The fraction of sp³-hybridized carbons (Fsp3) is 0.611. The molecule has 1 aromatic rings. The topological polar surface area (TPSA) is 69.6 Å². The number of pyridine rings is 1. The highest BCUT2D eigenvalue weighted by molar-refractivity contribution is 5.90. The van der Waals surface area contributed by atoms with Gasteiger partial charge in [-0.3, -0.25) is 9.79 Å². The van der Waals surface area contributed by atoms with Crippen LogP contribution in [0.2, 0.25) is 0 Å². The second kappa shape index (κ2) is 9.25. The third-order valence-corrected chi connectivity index (χ3v) is 4.07. The minimum Gasteiger partial charge on any atom is -0.357 e. The minimum absolute atomic E-state index is 0.0574. The summed E-state index contributed by atoms with van der Waals surface area (Å²) in [5.41, 5.74) is 1.07. The van der Waals surface area contributed by atoms with Crippen molar-refractivity contribution in [3.63, 3.8) is 0 Å². The number of nitrogens with zero attached hydrogens (tertiary/aromatic N) is 3. The highest BCUT2D eigenvalue weighted by Crippen LogP contribution is 2.15. The lowest BCUT2D eigenvalue weighted by Gasteiger charge is -2.33. The standard InChI is InChI=1S/C18H29N5O/c1-4-19-18(23-11-5-6-15(3)13-23)20-10-9-17(24)22-16-8-7-14(2)12-21-16/h7-8,12,15H,4-6,9-11,13H2,1-3H3,(H,19,20)(H,21,22,24). The van der Waals surface area contributed by atoms with Crippen LogP contribution in [0.25, 0.3) is 0 Å². The Morgan fingerprint density at radius 3 is 2.96 bits per heavy atom. The van der Waals surface area contributed by atoms with Crippen molar-refractivity contribution in [1.82, 2.24) is 15.2 Å². The van der Waals surface area contributed by atoms with Crippen molar-refractivity contribution in [2.45, 2.75) is 40.0 Å². The van der Waals surface area contributed by atoms with Crippen molar-refractivity contribution >= 4 is 17.7 Å². The number of aryl methyl sites for hydroxylation is 1. The Hall–Kier alpha value is -2.11. The van der Waals surface area contributed by atoms with Crippen molar-refractivity contribution in [3.8, 4) is 0 Å². The van der Waals surface area contributed by atoms with E-state index in [4.69, 9.17) is 0 Å². The lowest BCUT2D eigenvalue weighted by atomic mass is 10.0. The molecule has 2 heterocycles. The van der Waals surface area contributed by atoms with Crippen molar-refractivity contribution in [1.29, 1.82) is 0 Å². The van der Waals surface area contributed by atoms with Crippen molar-refractivity contribution in [3.05, 3.63) is 23.9 Å². The van der Waals surface area contributed by atoms with Gasteiger partial charge in [0.15, 0.2) is 5.96 Å². The molecule has 0 radical (unpaired) electrons. The van der Waals surface area contributed by atoms with Crippen LogP contribution in [0.1, 0.15) is 38.7 Å². The van der Waals surface area contributed by atoms with E-state index in [1.807, 2.05) is 19.1 Å². The summed E-state index contributed by atoms with van der Waals surface area (Å²) in [4.78, 5) is 23.1. The van der Waals surface area contributed by atoms with Gasteiger partial charge in [0.2, 0.25) is 5.91 Å². The molecule has 0 aromatic carbocycles. The Morgan fingerprint density at radius 2 is 2.29 bits per heavy atom. The zero-order valence-corrected chi connectivity index (χ0v) is 15.0. The van der Waals surface area contributed by atoms with Gasteiger partial charge in [0, 0.05) is 32.3 Å². The first-order valence-corrected chi connectivity index (χ1v) is 8.84. The summed E-state index contributed by atoms with van der Waals surface area (Å²) in [6, 6.07) is 3.75. The number of carbonyl (C=O) groups excluding carboxylic acids is 1. The average Bonchev–Trinajstić information content (AvgIpc) is 2.56. The van der Waals surface area contributed by atoms with E-state index in [2.05, 4.69) is 39.4 Å². The summed E-state index contributed by atoms with van der Waals surface area (Å²) in [7, 11) is 0. The van der Waals surface area contributed by atoms with Gasteiger partial charge in [-0.25, -0.2) is 4.98 Å². The molecule has 0 aliphatic carbocycles. The third-order valence-electron chi connectivity index (χ3n) is 4.07. The number of aromatic nitrogens is 1. The predicted molar refractivity (Wildman–Crippen MR) is 98.2 cm³/mol. The third kappa shape index (κ3) is 5.83. The molecule has 1 atom stereocenters. The van der Waals surface area contributed by atoms with Gasteiger partial charge in [0.25, 0.3) is 0 Å².